The lowest BCUT2D eigenvalue weighted by atomic mass is 10.1. The van der Waals surface area contributed by atoms with Crippen LogP contribution in [0, 0.1) is 0 Å². The van der Waals surface area contributed by atoms with Crippen LogP contribution in [0.1, 0.15) is 43.4 Å². The number of halogens is 4. The number of aromatic nitrogens is 5. The van der Waals surface area contributed by atoms with Crippen molar-refractivity contribution in [3.05, 3.63) is 48.1 Å². The van der Waals surface area contributed by atoms with Crippen LogP contribution in [-0.4, -0.2) is 62.0 Å². The molecule has 1 saturated heterocycles. The zero-order valence-electron chi connectivity index (χ0n) is 22.1. The van der Waals surface area contributed by atoms with Gasteiger partial charge in [0.15, 0.2) is 0 Å². The number of amides is 1. The smallest absolute Gasteiger partial charge is 0.379 e. The molecule has 1 amide bonds. The lowest BCUT2D eigenvalue weighted by Gasteiger charge is -2.28. The van der Waals surface area contributed by atoms with Gasteiger partial charge in [-0.1, -0.05) is 11.2 Å². The first-order chi connectivity index (χ1) is 18.9. The van der Waals surface area contributed by atoms with Crippen molar-refractivity contribution in [1.29, 1.82) is 0 Å². The summed E-state index contributed by atoms with van der Waals surface area (Å²) in [4.78, 5) is 16.8. The quantitative estimate of drug-likeness (QED) is 0.314. The molecule has 0 bridgehead atoms. The third-order valence-corrected chi connectivity index (χ3v) is 6.54. The Morgan fingerprint density at radius 3 is 2.73 bits per heavy atom. The first-order valence-corrected chi connectivity index (χ1v) is 12.7. The van der Waals surface area contributed by atoms with E-state index in [4.69, 9.17) is 9.26 Å². The normalized spacial score (nSPS) is 18.3. The van der Waals surface area contributed by atoms with Gasteiger partial charge in [0.25, 0.3) is 5.91 Å². The Balaban J connectivity index is 1.40. The number of hydrogen-bond acceptors (Lipinski definition) is 7. The molecule has 0 unspecified atom stereocenters. The molecule has 1 fully saturated rings. The molecule has 1 aromatic carbocycles. The molecular weight excluding hydrogens is 534 g/mol. The Labute approximate surface area is 226 Å². The zero-order valence-corrected chi connectivity index (χ0v) is 22.1. The highest BCUT2D eigenvalue weighted by Gasteiger charge is 2.32. The van der Waals surface area contributed by atoms with Crippen molar-refractivity contribution in [2.75, 3.05) is 18.5 Å². The van der Waals surface area contributed by atoms with Gasteiger partial charge in [0.2, 0.25) is 11.7 Å². The second-order valence-corrected chi connectivity index (χ2v) is 10.6. The molecule has 0 spiro atoms. The van der Waals surface area contributed by atoms with E-state index in [0.29, 0.717) is 29.7 Å². The standard InChI is InChI=1S/C26H29F4N7O3/c1-25(2,3)37-12-15(10-32-37)24(38)31-11-22-34-23(35-40-22)21-9-16-18(33-19-7-8-39-13-17(19)27)5-4-6-20(16)36(21)14-26(28,29)30/h4-6,9-10,12,17,19,33H,7-8,11,13-14H2,1-3H3,(H,31,38)/t17-,19+/m1/s1. The number of fused-ring (bicyclic) bond motifs is 1. The zero-order chi connectivity index (χ0) is 28.7. The van der Waals surface area contributed by atoms with Crippen LogP contribution in [0.25, 0.3) is 22.4 Å². The predicted molar refractivity (Wildman–Crippen MR) is 137 cm³/mol. The van der Waals surface area contributed by atoms with Crippen molar-refractivity contribution in [1.82, 2.24) is 29.8 Å². The molecule has 0 radical (unpaired) electrons. The Kier molecular flexibility index (Phi) is 7.29. The summed E-state index contributed by atoms with van der Waals surface area (Å²) >= 11 is 0. The molecule has 0 saturated carbocycles. The van der Waals surface area contributed by atoms with E-state index >= 15 is 0 Å². The lowest BCUT2D eigenvalue weighted by molar-refractivity contribution is -0.139. The van der Waals surface area contributed by atoms with E-state index in [9.17, 15) is 22.4 Å². The van der Waals surface area contributed by atoms with E-state index in [1.54, 1.807) is 29.1 Å². The molecule has 4 heterocycles. The van der Waals surface area contributed by atoms with Crippen molar-refractivity contribution < 1.29 is 31.6 Å². The summed E-state index contributed by atoms with van der Waals surface area (Å²) in [6, 6.07) is 5.82. The van der Waals surface area contributed by atoms with Gasteiger partial charge >= 0.3 is 6.18 Å². The second-order valence-electron chi connectivity index (χ2n) is 10.6. The largest absolute Gasteiger partial charge is 0.406 e. The van der Waals surface area contributed by atoms with Crippen LogP contribution < -0.4 is 10.6 Å². The summed E-state index contributed by atoms with van der Waals surface area (Å²) < 4.78 is 68.3. The van der Waals surface area contributed by atoms with Crippen LogP contribution in [0.3, 0.4) is 0 Å². The molecule has 14 heteroatoms. The fourth-order valence-electron chi connectivity index (χ4n) is 4.51. The van der Waals surface area contributed by atoms with Crippen molar-refractivity contribution >= 4 is 22.5 Å². The second kappa shape index (κ2) is 10.6. The topological polar surface area (TPSA) is 112 Å². The number of anilines is 1. The highest BCUT2D eigenvalue weighted by Crippen LogP contribution is 2.35. The molecule has 10 nitrogen and oxygen atoms in total. The van der Waals surface area contributed by atoms with Crippen LogP contribution in [0.4, 0.5) is 23.2 Å². The van der Waals surface area contributed by atoms with Gasteiger partial charge in [0.05, 0.1) is 47.7 Å². The van der Waals surface area contributed by atoms with Gasteiger partial charge in [-0.3, -0.25) is 9.48 Å². The Bertz CT molecular complexity index is 1500. The van der Waals surface area contributed by atoms with Crippen LogP contribution in [-0.2, 0) is 23.4 Å². The highest BCUT2D eigenvalue weighted by atomic mass is 19.4. The average Bonchev–Trinajstić information content (AvgIpc) is 3.62. The molecule has 4 aromatic rings. The summed E-state index contributed by atoms with van der Waals surface area (Å²) in [6.07, 6.45) is -2.32. The number of benzene rings is 1. The maximum atomic E-state index is 14.4. The van der Waals surface area contributed by atoms with Crippen molar-refractivity contribution in [2.24, 2.45) is 0 Å². The fourth-order valence-corrected chi connectivity index (χ4v) is 4.51. The van der Waals surface area contributed by atoms with E-state index in [-0.39, 0.29) is 41.6 Å². The number of hydrogen-bond donors (Lipinski definition) is 2. The Morgan fingerprint density at radius 2 is 2.02 bits per heavy atom. The van der Waals surface area contributed by atoms with E-state index in [2.05, 4.69) is 25.9 Å². The van der Waals surface area contributed by atoms with Gasteiger partial charge in [-0.25, -0.2) is 4.39 Å². The summed E-state index contributed by atoms with van der Waals surface area (Å²) in [5.74, 6) is -0.488. The number of rotatable bonds is 7. The SMILES string of the molecule is CC(C)(C)n1cc(C(=O)NCc2nc(-c3cc4c(N[C@H]5CCOC[C@H]5F)cccc4n3CC(F)(F)F)no2)cn1. The third kappa shape index (κ3) is 5.96. The molecule has 2 N–H and O–H groups in total. The van der Waals surface area contributed by atoms with Crippen molar-refractivity contribution in [3.8, 4) is 11.5 Å². The monoisotopic (exact) mass is 563 g/mol. The van der Waals surface area contributed by atoms with Gasteiger partial charge < -0.3 is 24.5 Å². The Morgan fingerprint density at radius 1 is 1.23 bits per heavy atom. The number of nitrogens with zero attached hydrogens (tertiary/aromatic N) is 5. The number of nitrogens with one attached hydrogen (secondary N) is 2. The maximum absolute atomic E-state index is 14.4. The van der Waals surface area contributed by atoms with Gasteiger partial charge in [0.1, 0.15) is 12.7 Å². The first kappa shape index (κ1) is 27.6. The van der Waals surface area contributed by atoms with Crippen LogP contribution >= 0.6 is 0 Å². The van der Waals surface area contributed by atoms with E-state index in [1.165, 1.54) is 12.3 Å². The molecule has 5 rings (SSSR count). The lowest BCUT2D eigenvalue weighted by Crippen LogP contribution is -2.39. The number of carbonyl (C=O) groups is 1. The Hall–Kier alpha value is -3.94. The molecule has 3 aromatic heterocycles. The van der Waals surface area contributed by atoms with Crippen LogP contribution in [0.15, 0.2) is 41.2 Å². The van der Waals surface area contributed by atoms with Gasteiger partial charge in [0, 0.05) is 23.9 Å². The minimum Gasteiger partial charge on any atom is -0.379 e. The number of carbonyl (C=O) groups excluding carboxylic acids is 1. The highest BCUT2D eigenvalue weighted by molar-refractivity contribution is 5.96. The van der Waals surface area contributed by atoms with Crippen LogP contribution in [0.2, 0.25) is 0 Å². The maximum Gasteiger partial charge on any atom is 0.406 e. The van der Waals surface area contributed by atoms with Crippen LogP contribution in [0.5, 0.6) is 0 Å². The molecule has 0 aliphatic carbocycles. The fraction of sp³-hybridized carbons (Fsp3) is 0.462. The molecular formula is C26H29F4N7O3. The minimum atomic E-state index is -4.53. The summed E-state index contributed by atoms with van der Waals surface area (Å²) in [5.41, 5.74) is 0.859. The first-order valence-electron chi connectivity index (χ1n) is 12.7. The van der Waals surface area contributed by atoms with E-state index < -0.39 is 30.8 Å². The molecule has 1 aliphatic heterocycles. The van der Waals surface area contributed by atoms with Crippen molar-refractivity contribution in [2.45, 2.75) is 64.2 Å². The van der Waals surface area contributed by atoms with Gasteiger partial charge in [-0.2, -0.15) is 23.3 Å². The van der Waals surface area contributed by atoms with E-state index in [0.717, 1.165) is 4.57 Å². The van der Waals surface area contributed by atoms with Gasteiger partial charge in [-0.05, 0) is 45.4 Å². The third-order valence-electron chi connectivity index (χ3n) is 6.54. The average molecular weight is 564 g/mol. The molecule has 1 aliphatic rings. The molecule has 2 atom stereocenters. The van der Waals surface area contributed by atoms with E-state index in [1.807, 2.05) is 20.8 Å². The predicted octanol–water partition coefficient (Wildman–Crippen LogP) is 4.67. The van der Waals surface area contributed by atoms with Crippen molar-refractivity contribution in [3.63, 3.8) is 0 Å². The number of alkyl halides is 4. The summed E-state index contributed by atoms with van der Waals surface area (Å²) in [6.45, 7) is 4.74. The number of ether oxygens (including phenoxy) is 1. The minimum absolute atomic E-state index is 0.0104. The summed E-state index contributed by atoms with van der Waals surface area (Å²) in [7, 11) is 0. The molecule has 40 heavy (non-hydrogen) atoms. The van der Waals surface area contributed by atoms with Gasteiger partial charge in [-0.15, -0.1) is 0 Å². The molecule has 214 valence electrons. The summed E-state index contributed by atoms with van der Waals surface area (Å²) in [5, 5.41) is 14.3.